The summed E-state index contributed by atoms with van der Waals surface area (Å²) in [6, 6.07) is 19.7. The van der Waals surface area contributed by atoms with Gasteiger partial charge in [-0.25, -0.2) is 4.98 Å². The molecule has 13 heteroatoms. The summed E-state index contributed by atoms with van der Waals surface area (Å²) in [5, 5.41) is 18.3. The molecule has 13 nitrogen and oxygen atoms in total. The van der Waals surface area contributed by atoms with Gasteiger partial charge in [0.05, 0.1) is 17.3 Å². The van der Waals surface area contributed by atoms with Gasteiger partial charge in [0, 0.05) is 92.0 Å². The molecule has 3 saturated heterocycles. The fourth-order valence-corrected chi connectivity index (χ4v) is 9.44. The van der Waals surface area contributed by atoms with Crippen molar-refractivity contribution in [1.82, 2.24) is 39.8 Å². The Bertz CT molecular complexity index is 2120. The lowest BCUT2D eigenvalue weighted by Crippen LogP contribution is -2.68. The van der Waals surface area contributed by atoms with Crippen LogP contribution >= 0.6 is 0 Å². The van der Waals surface area contributed by atoms with E-state index in [1.807, 2.05) is 30.5 Å². The van der Waals surface area contributed by atoms with Gasteiger partial charge in [-0.3, -0.25) is 24.7 Å². The molecule has 0 radical (unpaired) electrons. The number of carbonyl (C=O) groups is 2. The van der Waals surface area contributed by atoms with Crippen molar-refractivity contribution in [2.45, 2.75) is 69.6 Å². The molecule has 0 bridgehead atoms. The van der Waals surface area contributed by atoms with Crippen LogP contribution in [-0.2, 0) is 16.0 Å². The Morgan fingerprint density at radius 1 is 1.00 bits per heavy atom. The predicted molar refractivity (Wildman–Crippen MR) is 220 cm³/mol. The predicted octanol–water partition coefficient (Wildman–Crippen LogP) is 3.31. The number of likely N-dealkylation sites (tertiary alicyclic amines) is 2. The highest BCUT2D eigenvalue weighted by atomic mass is 16.3. The smallest absolute Gasteiger partial charge is 0.226 e. The number of nitrogens with one attached hydrogen (secondary N) is 2. The number of phenols is 1. The van der Waals surface area contributed by atoms with Crippen LogP contribution in [0.4, 0.5) is 0 Å². The van der Waals surface area contributed by atoms with Gasteiger partial charge in [0.1, 0.15) is 17.2 Å². The number of aromatic hydroxyl groups is 1. The van der Waals surface area contributed by atoms with Crippen molar-refractivity contribution in [1.29, 1.82) is 0 Å². The first kappa shape index (κ1) is 37.8. The molecule has 6 heterocycles. The van der Waals surface area contributed by atoms with Gasteiger partial charge in [-0.15, -0.1) is 0 Å². The van der Waals surface area contributed by atoms with E-state index in [4.69, 9.17) is 16.5 Å². The summed E-state index contributed by atoms with van der Waals surface area (Å²) in [6.07, 6.45) is 9.72. The number of pyridine rings is 1. The second kappa shape index (κ2) is 16.5. The summed E-state index contributed by atoms with van der Waals surface area (Å²) < 4.78 is 2.24. The van der Waals surface area contributed by atoms with Crippen LogP contribution in [0.25, 0.3) is 27.6 Å². The van der Waals surface area contributed by atoms with E-state index in [0.717, 1.165) is 94.0 Å². The van der Waals surface area contributed by atoms with Crippen LogP contribution in [0, 0.1) is 0 Å². The number of fused-ring (bicyclic) bond motifs is 4. The summed E-state index contributed by atoms with van der Waals surface area (Å²) in [5.41, 5.74) is 18.3. The van der Waals surface area contributed by atoms with E-state index in [9.17, 15) is 14.7 Å². The van der Waals surface area contributed by atoms with Crippen LogP contribution in [0.2, 0.25) is 0 Å². The van der Waals surface area contributed by atoms with Crippen molar-refractivity contribution in [2.75, 3.05) is 58.9 Å². The van der Waals surface area contributed by atoms with Gasteiger partial charge in [0.15, 0.2) is 0 Å². The summed E-state index contributed by atoms with van der Waals surface area (Å²) in [5.74, 6) is 0.548. The highest BCUT2D eigenvalue weighted by molar-refractivity contribution is 6.07. The number of hydrogen-bond donors (Lipinski definition) is 5. The molecule has 4 aliphatic heterocycles. The Hall–Kier alpha value is -5.11. The standard InChI is InChI=1S/C43H56N10O3/c1-29(10-13-41(56)48-28-54)53-38-12-11-30(22-36(38)34-8-4-16-46-43(34)53)6-5-17-49-18-14-31(15-19-49)51-26-33(27-51)50-20-21-52-32(25-50)24-47-42(45)39(52)23-37(44)35-7-2-3-9-40(35)55/h2-4,7-9,11-12,16,22-23,28-29,31-33,47,55H,5-6,10,13-15,17-21,24-27,44-45H2,1H3,(H,48,54,56)/b37-23-. The maximum Gasteiger partial charge on any atom is 0.226 e. The number of piperidine rings is 1. The molecule has 296 valence electrons. The molecule has 2 unspecified atom stereocenters. The number of rotatable bonds is 13. The number of imide groups is 1. The number of nitrogens with two attached hydrogens (primary N) is 2. The van der Waals surface area contributed by atoms with E-state index >= 15 is 0 Å². The molecule has 7 N–H and O–H groups in total. The molecule has 2 atom stereocenters. The number of nitrogens with zero attached hydrogens (tertiary/aromatic N) is 6. The highest BCUT2D eigenvalue weighted by Crippen LogP contribution is 2.34. The molecule has 2 amide bonds. The molecule has 0 aliphatic carbocycles. The van der Waals surface area contributed by atoms with E-state index in [2.05, 4.69) is 66.0 Å². The molecule has 2 aromatic heterocycles. The fourth-order valence-electron chi connectivity index (χ4n) is 9.44. The van der Waals surface area contributed by atoms with Crippen LogP contribution in [0.3, 0.4) is 0 Å². The molecule has 2 aromatic carbocycles. The Labute approximate surface area is 329 Å². The lowest BCUT2D eigenvalue weighted by Gasteiger charge is -2.54. The lowest BCUT2D eigenvalue weighted by atomic mass is 9.95. The van der Waals surface area contributed by atoms with E-state index in [-0.39, 0.29) is 24.1 Å². The van der Waals surface area contributed by atoms with Gasteiger partial charge in [-0.2, -0.15) is 0 Å². The van der Waals surface area contributed by atoms with E-state index in [0.29, 0.717) is 48.0 Å². The normalized spacial score (nSPS) is 21.2. The summed E-state index contributed by atoms with van der Waals surface area (Å²) in [4.78, 5) is 37.8. The number of allylic oxidation sites excluding steroid dienone is 1. The van der Waals surface area contributed by atoms with Crippen molar-refractivity contribution in [2.24, 2.45) is 11.5 Å². The van der Waals surface area contributed by atoms with Crippen LogP contribution in [-0.4, -0.2) is 124 Å². The lowest BCUT2D eigenvalue weighted by molar-refractivity contribution is -0.125. The number of amides is 2. The Balaban J connectivity index is 0.788. The number of carbonyl (C=O) groups excluding carboxylic acids is 2. The third kappa shape index (κ3) is 7.80. The largest absolute Gasteiger partial charge is 0.507 e. The topological polar surface area (TPSA) is 161 Å². The molecular formula is C43H56N10O3. The maximum atomic E-state index is 11.9. The van der Waals surface area contributed by atoms with Crippen molar-refractivity contribution in [3.8, 4) is 5.75 Å². The van der Waals surface area contributed by atoms with Crippen molar-refractivity contribution >= 4 is 40.0 Å². The first-order valence-electron chi connectivity index (χ1n) is 20.3. The second-order valence-electron chi connectivity index (χ2n) is 16.1. The molecule has 3 fully saturated rings. The number of para-hydroxylation sites is 1. The number of aromatic nitrogens is 2. The van der Waals surface area contributed by atoms with Crippen LogP contribution in [0.15, 0.2) is 78.4 Å². The quantitative estimate of drug-likeness (QED) is 0.127. The van der Waals surface area contributed by atoms with Gasteiger partial charge < -0.3 is 36.3 Å². The average Bonchev–Trinajstić information content (AvgIpc) is 3.52. The zero-order chi connectivity index (χ0) is 38.8. The minimum atomic E-state index is -0.257. The Morgan fingerprint density at radius 2 is 1.80 bits per heavy atom. The van der Waals surface area contributed by atoms with Gasteiger partial charge in [0.25, 0.3) is 0 Å². The van der Waals surface area contributed by atoms with Crippen molar-refractivity contribution in [3.63, 3.8) is 0 Å². The molecule has 0 saturated carbocycles. The average molecular weight is 761 g/mol. The maximum absolute atomic E-state index is 11.9. The zero-order valence-electron chi connectivity index (χ0n) is 32.4. The Morgan fingerprint density at radius 3 is 2.61 bits per heavy atom. The molecule has 8 rings (SSSR count). The van der Waals surface area contributed by atoms with Gasteiger partial charge in [0.2, 0.25) is 12.3 Å². The minimum absolute atomic E-state index is 0.0572. The number of benzene rings is 2. The monoisotopic (exact) mass is 760 g/mol. The van der Waals surface area contributed by atoms with Crippen LogP contribution in [0.1, 0.15) is 56.2 Å². The molecule has 4 aromatic rings. The van der Waals surface area contributed by atoms with Crippen LogP contribution in [0.5, 0.6) is 5.75 Å². The van der Waals surface area contributed by atoms with Crippen molar-refractivity contribution < 1.29 is 14.7 Å². The number of hydrogen-bond acceptors (Lipinski definition) is 11. The molecule has 0 spiro atoms. The highest BCUT2D eigenvalue weighted by Gasteiger charge is 2.41. The van der Waals surface area contributed by atoms with Crippen LogP contribution < -0.4 is 22.1 Å². The summed E-state index contributed by atoms with van der Waals surface area (Å²) >= 11 is 0. The SMILES string of the molecule is CC(CCC(=O)NC=O)n1c2ccc(CCCN3CCC(N4CC(N5CCN6C(/C=C(\N)c7ccccc7O)=C(N)NCC6C5)C4)CC3)cc2c2cccnc21. The Kier molecular flexibility index (Phi) is 11.2. The summed E-state index contributed by atoms with van der Waals surface area (Å²) in [7, 11) is 0. The van der Waals surface area contributed by atoms with Crippen molar-refractivity contribution in [3.05, 3.63) is 89.5 Å². The number of aryl methyl sites for hydroxylation is 1. The molecule has 56 heavy (non-hydrogen) atoms. The van der Waals surface area contributed by atoms with Gasteiger partial charge >= 0.3 is 0 Å². The molecule has 4 aliphatic rings. The number of phenolic OH excluding ortho intramolecular Hbond substituents is 1. The van der Waals surface area contributed by atoms with Gasteiger partial charge in [-0.1, -0.05) is 18.2 Å². The van der Waals surface area contributed by atoms with E-state index < -0.39 is 0 Å². The third-order valence-electron chi connectivity index (χ3n) is 12.6. The first-order valence-corrected chi connectivity index (χ1v) is 20.3. The van der Waals surface area contributed by atoms with E-state index in [1.165, 1.54) is 23.8 Å². The number of piperazine rings is 1. The zero-order valence-corrected chi connectivity index (χ0v) is 32.4. The third-order valence-corrected chi connectivity index (χ3v) is 12.6. The molecular weight excluding hydrogens is 705 g/mol. The minimum Gasteiger partial charge on any atom is -0.507 e. The second-order valence-corrected chi connectivity index (χ2v) is 16.1. The summed E-state index contributed by atoms with van der Waals surface area (Å²) in [6.45, 7) is 11.6. The van der Waals surface area contributed by atoms with E-state index in [1.54, 1.807) is 12.1 Å². The first-order chi connectivity index (χ1) is 27.3. The fraction of sp³-hybridized carbons (Fsp3) is 0.465. The van der Waals surface area contributed by atoms with Gasteiger partial charge in [-0.05, 0) is 107 Å².